The van der Waals surface area contributed by atoms with E-state index in [2.05, 4.69) is 70.2 Å². The van der Waals surface area contributed by atoms with E-state index in [-0.39, 0.29) is 42.9 Å². The first-order valence-electron chi connectivity index (χ1n) is 11.0. The van der Waals surface area contributed by atoms with E-state index in [9.17, 15) is 9.59 Å². The van der Waals surface area contributed by atoms with Crippen LogP contribution in [0.15, 0.2) is 45.3 Å². The Balaban J connectivity index is 1.76. The zero-order valence-electron chi connectivity index (χ0n) is 19.7. The molecule has 0 bridgehead atoms. The lowest BCUT2D eigenvalue weighted by molar-refractivity contribution is -0.125. The molecule has 33 heavy (non-hydrogen) atoms. The van der Waals surface area contributed by atoms with E-state index < -0.39 is 0 Å². The molecule has 0 aliphatic heterocycles. The Morgan fingerprint density at radius 3 is 1.70 bits per heavy atom. The Hall–Kier alpha value is -2.06. The van der Waals surface area contributed by atoms with Gasteiger partial charge in [-0.25, -0.2) is 0 Å². The van der Waals surface area contributed by atoms with Gasteiger partial charge in [-0.2, -0.15) is 0 Å². The molecule has 2 aromatic carbocycles. The number of rotatable bonds is 11. The summed E-state index contributed by atoms with van der Waals surface area (Å²) >= 11 is 6.92. The van der Waals surface area contributed by atoms with Crippen LogP contribution in [0.5, 0.6) is 11.5 Å². The molecule has 180 valence electrons. The van der Waals surface area contributed by atoms with E-state index in [0.29, 0.717) is 18.0 Å². The molecule has 2 rings (SSSR count). The molecule has 2 N–H and O–H groups in total. The normalized spacial score (nSPS) is 11.9. The largest absolute Gasteiger partial charge is 0.483 e. The maximum absolute atomic E-state index is 12.3. The van der Waals surface area contributed by atoms with Crippen molar-refractivity contribution < 1.29 is 19.1 Å². The predicted octanol–water partition coefficient (Wildman–Crippen LogP) is 5.54. The number of halogens is 2. The highest BCUT2D eigenvalue weighted by atomic mass is 79.9. The van der Waals surface area contributed by atoms with Crippen molar-refractivity contribution in [1.82, 2.24) is 10.6 Å². The molecule has 2 aromatic rings. The Labute approximate surface area is 213 Å². The van der Waals surface area contributed by atoms with Crippen molar-refractivity contribution in [2.24, 2.45) is 0 Å². The molecule has 1 unspecified atom stereocenters. The third kappa shape index (κ3) is 9.01. The maximum Gasteiger partial charge on any atom is 0.258 e. The van der Waals surface area contributed by atoms with Gasteiger partial charge in [0.25, 0.3) is 11.8 Å². The fourth-order valence-electron chi connectivity index (χ4n) is 3.18. The maximum atomic E-state index is 12.3. The summed E-state index contributed by atoms with van der Waals surface area (Å²) in [4.78, 5) is 24.5. The van der Waals surface area contributed by atoms with Gasteiger partial charge in [-0.3, -0.25) is 9.59 Å². The average molecular weight is 584 g/mol. The molecule has 8 heteroatoms. The Bertz CT molecular complexity index is 963. The van der Waals surface area contributed by atoms with Crippen LogP contribution in [0, 0.1) is 0 Å². The van der Waals surface area contributed by atoms with Crippen LogP contribution in [-0.2, 0) is 9.59 Å². The fraction of sp³-hybridized carbons (Fsp3) is 0.440. The van der Waals surface area contributed by atoms with Gasteiger partial charge in [0.15, 0.2) is 13.2 Å². The van der Waals surface area contributed by atoms with Crippen molar-refractivity contribution >= 4 is 43.7 Å². The number of nitrogens with one attached hydrogen (secondary N) is 2. The van der Waals surface area contributed by atoms with Gasteiger partial charge in [-0.15, -0.1) is 0 Å². The van der Waals surface area contributed by atoms with Crippen molar-refractivity contribution in [3.63, 3.8) is 0 Å². The van der Waals surface area contributed by atoms with Crippen LogP contribution >= 0.6 is 31.9 Å². The molecule has 0 aromatic heterocycles. The van der Waals surface area contributed by atoms with Gasteiger partial charge in [0, 0.05) is 21.5 Å². The molecule has 0 fully saturated rings. The summed E-state index contributed by atoms with van der Waals surface area (Å²) in [6, 6.07) is 11.2. The number of amides is 2. The standard InChI is InChI=1S/C25H32Br2N2O4/c1-15(2)20-10-18(26)6-8-22(20)32-13-24(30)28-12-17(5)29-25(31)14-33-23-9-7-19(27)11-21(23)16(3)4/h6-11,15-17H,12-14H2,1-5H3,(H,28,30)(H,29,31). The fourth-order valence-corrected chi connectivity index (χ4v) is 3.93. The molecule has 0 heterocycles. The SMILES string of the molecule is CC(CNC(=O)COc1ccc(Br)cc1C(C)C)NC(=O)COc1ccc(Br)cc1C(C)C. The monoisotopic (exact) mass is 582 g/mol. The quantitative estimate of drug-likeness (QED) is 0.364. The number of carbonyl (C=O) groups excluding carboxylic acids is 2. The van der Waals surface area contributed by atoms with Gasteiger partial charge in [0.2, 0.25) is 0 Å². The first-order chi connectivity index (χ1) is 15.6. The highest BCUT2D eigenvalue weighted by Gasteiger charge is 2.14. The smallest absolute Gasteiger partial charge is 0.258 e. The molecule has 0 aliphatic rings. The molecule has 0 saturated heterocycles. The Kier molecular flexibility index (Phi) is 10.7. The molecular weight excluding hydrogens is 552 g/mol. The van der Waals surface area contributed by atoms with Crippen molar-refractivity contribution in [2.45, 2.75) is 52.5 Å². The van der Waals surface area contributed by atoms with Crippen molar-refractivity contribution in [2.75, 3.05) is 19.8 Å². The van der Waals surface area contributed by atoms with Gasteiger partial charge in [-0.05, 0) is 66.3 Å². The second-order valence-corrected chi connectivity index (χ2v) is 10.4. The Morgan fingerprint density at radius 1 is 0.788 bits per heavy atom. The van der Waals surface area contributed by atoms with Gasteiger partial charge in [0.1, 0.15) is 11.5 Å². The third-order valence-electron chi connectivity index (χ3n) is 4.92. The number of benzene rings is 2. The second kappa shape index (κ2) is 13.0. The second-order valence-electron chi connectivity index (χ2n) is 8.52. The van der Waals surface area contributed by atoms with E-state index in [1.807, 2.05) is 43.3 Å². The molecule has 6 nitrogen and oxygen atoms in total. The number of hydrogen-bond donors (Lipinski definition) is 2. The predicted molar refractivity (Wildman–Crippen MR) is 138 cm³/mol. The van der Waals surface area contributed by atoms with Crippen LogP contribution in [0.1, 0.15) is 57.6 Å². The topological polar surface area (TPSA) is 76.7 Å². The zero-order valence-corrected chi connectivity index (χ0v) is 22.9. The Morgan fingerprint density at radius 2 is 1.24 bits per heavy atom. The summed E-state index contributed by atoms with van der Waals surface area (Å²) in [6.07, 6.45) is 0. The average Bonchev–Trinajstić information content (AvgIpc) is 2.75. The molecular formula is C25H32Br2N2O4. The summed E-state index contributed by atoms with van der Waals surface area (Å²) in [5.74, 6) is 1.42. The van der Waals surface area contributed by atoms with Crippen LogP contribution in [0.2, 0.25) is 0 Å². The third-order valence-corrected chi connectivity index (χ3v) is 5.90. The minimum Gasteiger partial charge on any atom is -0.483 e. The van der Waals surface area contributed by atoms with Crippen molar-refractivity contribution in [3.8, 4) is 11.5 Å². The first kappa shape index (κ1) is 27.2. The van der Waals surface area contributed by atoms with Gasteiger partial charge < -0.3 is 20.1 Å². The molecule has 1 atom stereocenters. The number of ether oxygens (including phenoxy) is 2. The summed E-state index contributed by atoms with van der Waals surface area (Å²) in [6.45, 7) is 10.2. The highest BCUT2D eigenvalue weighted by molar-refractivity contribution is 9.10. The van der Waals surface area contributed by atoms with Gasteiger partial charge in [0.05, 0.1) is 0 Å². The minimum absolute atomic E-state index is 0.0906. The van der Waals surface area contributed by atoms with E-state index >= 15 is 0 Å². The number of carbonyl (C=O) groups is 2. The lowest BCUT2D eigenvalue weighted by Gasteiger charge is -2.18. The first-order valence-corrected chi connectivity index (χ1v) is 12.6. The lowest BCUT2D eigenvalue weighted by atomic mass is 10.0. The number of hydrogen-bond acceptors (Lipinski definition) is 4. The van der Waals surface area contributed by atoms with E-state index in [1.165, 1.54) is 0 Å². The highest BCUT2D eigenvalue weighted by Crippen LogP contribution is 2.30. The molecule has 0 saturated carbocycles. The minimum atomic E-state index is -0.251. The molecule has 2 amide bonds. The van der Waals surface area contributed by atoms with E-state index in [0.717, 1.165) is 20.1 Å². The van der Waals surface area contributed by atoms with Crippen LogP contribution in [0.25, 0.3) is 0 Å². The van der Waals surface area contributed by atoms with Crippen LogP contribution in [-0.4, -0.2) is 37.6 Å². The lowest BCUT2D eigenvalue weighted by Crippen LogP contribution is -2.44. The van der Waals surface area contributed by atoms with E-state index in [1.54, 1.807) is 0 Å². The van der Waals surface area contributed by atoms with Crippen LogP contribution < -0.4 is 20.1 Å². The van der Waals surface area contributed by atoms with Crippen LogP contribution in [0.3, 0.4) is 0 Å². The summed E-state index contributed by atoms with van der Waals surface area (Å²) in [7, 11) is 0. The molecule has 0 spiro atoms. The van der Waals surface area contributed by atoms with Crippen LogP contribution in [0.4, 0.5) is 0 Å². The van der Waals surface area contributed by atoms with Crippen molar-refractivity contribution in [1.29, 1.82) is 0 Å². The molecule has 0 aliphatic carbocycles. The van der Waals surface area contributed by atoms with E-state index in [4.69, 9.17) is 9.47 Å². The summed E-state index contributed by atoms with van der Waals surface area (Å²) in [5.41, 5.74) is 2.06. The van der Waals surface area contributed by atoms with Gasteiger partial charge in [-0.1, -0.05) is 59.6 Å². The van der Waals surface area contributed by atoms with Gasteiger partial charge >= 0.3 is 0 Å². The van der Waals surface area contributed by atoms with Crippen molar-refractivity contribution in [3.05, 3.63) is 56.5 Å². The zero-order chi connectivity index (χ0) is 24.5. The summed E-state index contributed by atoms with van der Waals surface area (Å²) in [5, 5.41) is 5.62. The summed E-state index contributed by atoms with van der Waals surface area (Å²) < 4.78 is 13.4. The molecule has 0 radical (unpaired) electrons.